The van der Waals surface area contributed by atoms with Crippen molar-refractivity contribution in [3.05, 3.63) is 60.2 Å². The standard InChI is InChI=1S/C14H8F2N2O2/c15-9-1-5-11(6-2-9)17-13(19)18(14(17)20)12-7-3-10(16)4-8-12/h1-8H. The van der Waals surface area contributed by atoms with Crippen molar-refractivity contribution in [3.63, 3.8) is 0 Å². The first-order valence-electron chi connectivity index (χ1n) is 5.77. The molecular weight excluding hydrogens is 266 g/mol. The second-order valence-electron chi connectivity index (χ2n) is 4.19. The third-order valence-corrected chi connectivity index (χ3v) is 2.93. The largest absolute Gasteiger partial charge is 0.345 e. The first-order valence-corrected chi connectivity index (χ1v) is 5.77. The first-order chi connectivity index (χ1) is 9.58. The van der Waals surface area contributed by atoms with Crippen LogP contribution in [0, 0.1) is 11.6 Å². The maximum absolute atomic E-state index is 12.8. The number of urea groups is 2. The molecule has 0 aromatic heterocycles. The van der Waals surface area contributed by atoms with E-state index in [-0.39, 0.29) is 0 Å². The Morgan fingerprint density at radius 3 is 1.20 bits per heavy atom. The van der Waals surface area contributed by atoms with Crippen LogP contribution in [0.3, 0.4) is 0 Å². The van der Waals surface area contributed by atoms with E-state index in [0.717, 1.165) is 34.1 Å². The topological polar surface area (TPSA) is 40.6 Å². The average molecular weight is 274 g/mol. The summed E-state index contributed by atoms with van der Waals surface area (Å²) in [6.07, 6.45) is 0. The summed E-state index contributed by atoms with van der Waals surface area (Å²) in [6.45, 7) is 0. The minimum absolute atomic E-state index is 0.291. The van der Waals surface area contributed by atoms with E-state index in [1.165, 1.54) is 24.3 Å². The Morgan fingerprint density at radius 1 is 0.600 bits per heavy atom. The van der Waals surface area contributed by atoms with Gasteiger partial charge in [0.25, 0.3) is 0 Å². The lowest BCUT2D eigenvalue weighted by Crippen LogP contribution is -2.64. The SMILES string of the molecule is O=C1N(c2ccc(F)cc2)C(=O)N1c1ccc(F)cc1. The normalized spacial score (nSPS) is 14.5. The Hall–Kier alpha value is -2.76. The molecule has 4 nitrogen and oxygen atoms in total. The number of halogens is 2. The van der Waals surface area contributed by atoms with Crippen molar-refractivity contribution in [2.75, 3.05) is 9.80 Å². The van der Waals surface area contributed by atoms with Crippen molar-refractivity contribution < 1.29 is 18.4 Å². The van der Waals surface area contributed by atoms with Crippen LogP contribution in [0.25, 0.3) is 0 Å². The Labute approximate surface area is 112 Å². The van der Waals surface area contributed by atoms with Crippen LogP contribution in [0.5, 0.6) is 0 Å². The Kier molecular flexibility index (Phi) is 2.71. The molecule has 0 aliphatic carbocycles. The Morgan fingerprint density at radius 2 is 0.900 bits per heavy atom. The quantitative estimate of drug-likeness (QED) is 0.840. The monoisotopic (exact) mass is 274 g/mol. The molecule has 3 rings (SSSR count). The number of hydrogen-bond acceptors (Lipinski definition) is 2. The van der Waals surface area contributed by atoms with Gasteiger partial charge in [0.15, 0.2) is 0 Å². The summed E-state index contributed by atoms with van der Waals surface area (Å²) in [5.41, 5.74) is 0.583. The number of rotatable bonds is 2. The van der Waals surface area contributed by atoms with Gasteiger partial charge in [0.1, 0.15) is 11.6 Å². The number of benzene rings is 2. The molecule has 0 radical (unpaired) electrons. The van der Waals surface area contributed by atoms with E-state index < -0.39 is 23.7 Å². The number of imide groups is 2. The zero-order chi connectivity index (χ0) is 14.3. The number of amides is 4. The van der Waals surface area contributed by atoms with E-state index in [2.05, 4.69) is 0 Å². The second kappa shape index (κ2) is 4.41. The molecule has 2 aromatic carbocycles. The van der Waals surface area contributed by atoms with Gasteiger partial charge in [0.05, 0.1) is 11.4 Å². The van der Waals surface area contributed by atoms with E-state index >= 15 is 0 Å². The minimum atomic E-state index is -0.562. The summed E-state index contributed by atoms with van der Waals surface area (Å²) in [7, 11) is 0. The molecule has 4 amide bonds. The highest BCUT2D eigenvalue weighted by atomic mass is 19.1. The van der Waals surface area contributed by atoms with Crippen molar-refractivity contribution in [2.24, 2.45) is 0 Å². The molecule has 20 heavy (non-hydrogen) atoms. The van der Waals surface area contributed by atoms with Gasteiger partial charge in [-0.1, -0.05) is 0 Å². The van der Waals surface area contributed by atoms with Crippen molar-refractivity contribution >= 4 is 23.4 Å². The average Bonchev–Trinajstić information content (AvgIpc) is 2.44. The van der Waals surface area contributed by atoms with Crippen LogP contribution in [-0.4, -0.2) is 12.1 Å². The van der Waals surface area contributed by atoms with E-state index in [0.29, 0.717) is 11.4 Å². The number of carbonyl (C=O) groups excluding carboxylic acids is 2. The minimum Gasteiger partial charge on any atom is -0.246 e. The molecule has 1 heterocycles. The number of hydrogen-bond donors (Lipinski definition) is 0. The molecule has 1 fully saturated rings. The predicted octanol–water partition coefficient (Wildman–Crippen LogP) is 3.53. The fraction of sp³-hybridized carbons (Fsp3) is 0. The lowest BCUT2D eigenvalue weighted by molar-refractivity contribution is 0.226. The fourth-order valence-corrected chi connectivity index (χ4v) is 1.94. The maximum Gasteiger partial charge on any atom is 0.345 e. The zero-order valence-corrected chi connectivity index (χ0v) is 10.1. The van der Waals surface area contributed by atoms with Gasteiger partial charge in [-0.05, 0) is 48.5 Å². The molecule has 0 saturated carbocycles. The molecule has 0 spiro atoms. The van der Waals surface area contributed by atoms with Gasteiger partial charge < -0.3 is 0 Å². The molecule has 0 bridgehead atoms. The van der Waals surface area contributed by atoms with Crippen LogP contribution >= 0.6 is 0 Å². The van der Waals surface area contributed by atoms with Crippen LogP contribution in [0.2, 0.25) is 0 Å². The molecule has 1 aliphatic heterocycles. The fourth-order valence-electron chi connectivity index (χ4n) is 1.94. The van der Waals surface area contributed by atoms with Gasteiger partial charge in [-0.15, -0.1) is 0 Å². The van der Waals surface area contributed by atoms with Crippen LogP contribution in [-0.2, 0) is 0 Å². The van der Waals surface area contributed by atoms with Crippen molar-refractivity contribution in [1.29, 1.82) is 0 Å². The van der Waals surface area contributed by atoms with Gasteiger partial charge in [-0.3, -0.25) is 0 Å². The van der Waals surface area contributed by atoms with Gasteiger partial charge in [-0.2, -0.15) is 0 Å². The lowest BCUT2D eigenvalue weighted by atomic mass is 10.2. The predicted molar refractivity (Wildman–Crippen MR) is 68.6 cm³/mol. The zero-order valence-electron chi connectivity index (χ0n) is 10.1. The number of anilines is 2. The number of nitrogens with zero attached hydrogens (tertiary/aromatic N) is 2. The summed E-state index contributed by atoms with van der Waals surface area (Å²) >= 11 is 0. The van der Waals surface area contributed by atoms with E-state index in [1.807, 2.05) is 0 Å². The molecule has 1 saturated heterocycles. The summed E-state index contributed by atoms with van der Waals surface area (Å²) in [5, 5.41) is 0. The van der Waals surface area contributed by atoms with Crippen LogP contribution in [0.4, 0.5) is 29.7 Å². The van der Waals surface area contributed by atoms with Gasteiger partial charge in [0, 0.05) is 0 Å². The highest BCUT2D eigenvalue weighted by Crippen LogP contribution is 2.30. The molecule has 1 aliphatic rings. The first kappa shape index (κ1) is 12.3. The smallest absolute Gasteiger partial charge is 0.246 e. The highest BCUT2D eigenvalue weighted by molar-refractivity contribution is 6.41. The highest BCUT2D eigenvalue weighted by Gasteiger charge is 2.45. The lowest BCUT2D eigenvalue weighted by Gasteiger charge is -2.38. The van der Waals surface area contributed by atoms with E-state index in [9.17, 15) is 18.4 Å². The number of carbonyl (C=O) groups is 2. The van der Waals surface area contributed by atoms with E-state index in [4.69, 9.17) is 0 Å². The molecule has 6 heteroatoms. The van der Waals surface area contributed by atoms with Gasteiger partial charge in [0.2, 0.25) is 0 Å². The molecule has 2 aromatic rings. The van der Waals surface area contributed by atoms with Gasteiger partial charge in [-0.25, -0.2) is 28.2 Å². The summed E-state index contributed by atoms with van der Waals surface area (Å²) < 4.78 is 25.6. The Bertz CT molecular complexity index is 610. The van der Waals surface area contributed by atoms with Crippen LogP contribution in [0.1, 0.15) is 0 Å². The van der Waals surface area contributed by atoms with Crippen molar-refractivity contribution in [3.8, 4) is 0 Å². The van der Waals surface area contributed by atoms with Crippen LogP contribution < -0.4 is 9.80 Å². The third-order valence-electron chi connectivity index (χ3n) is 2.93. The van der Waals surface area contributed by atoms with Crippen LogP contribution in [0.15, 0.2) is 48.5 Å². The molecule has 0 atom stereocenters. The summed E-state index contributed by atoms with van der Waals surface area (Å²) in [5.74, 6) is -0.908. The summed E-state index contributed by atoms with van der Waals surface area (Å²) in [6, 6.07) is 8.89. The molecule has 100 valence electrons. The third kappa shape index (κ3) is 1.82. The summed E-state index contributed by atoms with van der Waals surface area (Å²) in [4.78, 5) is 25.8. The maximum atomic E-state index is 12.8. The molecule has 0 N–H and O–H groups in total. The molecule has 0 unspecified atom stereocenters. The molecular formula is C14H8F2N2O2. The second-order valence-corrected chi connectivity index (χ2v) is 4.19. The van der Waals surface area contributed by atoms with E-state index in [1.54, 1.807) is 0 Å². The Balaban J connectivity index is 1.86. The van der Waals surface area contributed by atoms with Crippen molar-refractivity contribution in [1.82, 2.24) is 0 Å². The van der Waals surface area contributed by atoms with Gasteiger partial charge >= 0.3 is 12.1 Å². The van der Waals surface area contributed by atoms with Crippen molar-refractivity contribution in [2.45, 2.75) is 0 Å².